The predicted octanol–water partition coefficient (Wildman–Crippen LogP) is 4.00. The van der Waals surface area contributed by atoms with Gasteiger partial charge in [-0.05, 0) is 67.5 Å². The van der Waals surface area contributed by atoms with Crippen molar-refractivity contribution in [3.8, 4) is 0 Å². The average Bonchev–Trinajstić information content (AvgIpc) is 3.45. The van der Waals surface area contributed by atoms with Gasteiger partial charge in [0.25, 0.3) is 5.91 Å². The Morgan fingerprint density at radius 2 is 1.90 bits per heavy atom. The van der Waals surface area contributed by atoms with Gasteiger partial charge in [-0.3, -0.25) is 19.5 Å². The van der Waals surface area contributed by atoms with Crippen LogP contribution in [0, 0.1) is 13.8 Å². The summed E-state index contributed by atoms with van der Waals surface area (Å²) in [7, 11) is 0. The Balaban J connectivity index is 1.82. The molecule has 1 saturated carbocycles. The SMILES string of the molecule is Cc1cc(C)cc(N(C(=O)c2csnn2)[C@@H](C(=O)NC2CCCC2)c2cccnc2)c1. The number of carbonyl (C=O) groups is 2. The number of anilines is 1. The van der Waals surface area contributed by atoms with Crippen LogP contribution >= 0.6 is 11.5 Å². The zero-order valence-corrected chi connectivity index (χ0v) is 18.4. The van der Waals surface area contributed by atoms with Crippen molar-refractivity contribution in [3.05, 3.63) is 70.5 Å². The number of nitrogens with zero attached hydrogens (tertiary/aromatic N) is 4. The number of aryl methyl sites for hydroxylation is 2. The Kier molecular flexibility index (Phi) is 6.36. The molecule has 1 aliphatic carbocycles. The first kappa shape index (κ1) is 21.1. The minimum Gasteiger partial charge on any atom is -0.351 e. The standard InChI is InChI=1S/C23H25N5O2S/c1-15-10-16(2)12-19(11-15)28(23(30)20-14-31-27-26-20)21(17-6-5-9-24-13-17)22(29)25-18-7-3-4-8-18/h5-6,9-14,18,21H,3-4,7-8H2,1-2H3,(H,25,29)/t21-/m1/s1. The normalized spacial score (nSPS) is 14.9. The molecule has 1 aromatic carbocycles. The average molecular weight is 436 g/mol. The van der Waals surface area contributed by atoms with Crippen molar-refractivity contribution in [2.45, 2.75) is 51.6 Å². The molecule has 8 heteroatoms. The second kappa shape index (κ2) is 9.34. The molecule has 160 valence electrons. The summed E-state index contributed by atoms with van der Waals surface area (Å²) in [5.41, 5.74) is 3.52. The van der Waals surface area contributed by atoms with Gasteiger partial charge >= 0.3 is 0 Å². The summed E-state index contributed by atoms with van der Waals surface area (Å²) in [4.78, 5) is 32.9. The van der Waals surface area contributed by atoms with Crippen LogP contribution in [0.3, 0.4) is 0 Å². The lowest BCUT2D eigenvalue weighted by Gasteiger charge is -2.32. The largest absolute Gasteiger partial charge is 0.351 e. The zero-order chi connectivity index (χ0) is 21.8. The van der Waals surface area contributed by atoms with E-state index in [1.807, 2.05) is 38.1 Å². The van der Waals surface area contributed by atoms with Gasteiger partial charge in [0, 0.05) is 35.1 Å². The topological polar surface area (TPSA) is 88.1 Å². The van der Waals surface area contributed by atoms with Crippen molar-refractivity contribution in [2.75, 3.05) is 4.90 Å². The van der Waals surface area contributed by atoms with Crippen LogP contribution in [0.15, 0.2) is 48.1 Å². The highest BCUT2D eigenvalue weighted by Gasteiger charge is 2.36. The summed E-state index contributed by atoms with van der Waals surface area (Å²) in [6, 6.07) is 8.73. The molecule has 0 unspecified atom stereocenters. The van der Waals surface area contributed by atoms with E-state index in [2.05, 4.69) is 19.9 Å². The molecule has 0 radical (unpaired) electrons. The number of hydrogen-bond acceptors (Lipinski definition) is 6. The van der Waals surface area contributed by atoms with Gasteiger partial charge in [0.1, 0.15) is 6.04 Å². The van der Waals surface area contributed by atoms with Gasteiger partial charge in [-0.25, -0.2) is 0 Å². The fourth-order valence-corrected chi connectivity index (χ4v) is 4.59. The molecule has 2 aromatic heterocycles. The van der Waals surface area contributed by atoms with Gasteiger partial charge in [-0.1, -0.05) is 29.5 Å². The van der Waals surface area contributed by atoms with Crippen LogP contribution in [-0.4, -0.2) is 32.4 Å². The quantitative estimate of drug-likeness (QED) is 0.632. The highest BCUT2D eigenvalue weighted by atomic mass is 32.1. The van der Waals surface area contributed by atoms with Gasteiger partial charge in [0.05, 0.1) is 0 Å². The maximum absolute atomic E-state index is 13.6. The number of benzene rings is 1. The van der Waals surface area contributed by atoms with E-state index in [1.54, 1.807) is 23.8 Å². The number of pyridine rings is 1. The van der Waals surface area contributed by atoms with Crippen molar-refractivity contribution >= 4 is 29.0 Å². The van der Waals surface area contributed by atoms with E-state index >= 15 is 0 Å². The van der Waals surface area contributed by atoms with Crippen LogP contribution in [0.25, 0.3) is 0 Å². The Labute approximate surface area is 185 Å². The van der Waals surface area contributed by atoms with Crippen LogP contribution < -0.4 is 10.2 Å². The lowest BCUT2D eigenvalue weighted by molar-refractivity contribution is -0.123. The van der Waals surface area contributed by atoms with E-state index in [0.717, 1.165) is 48.3 Å². The molecule has 31 heavy (non-hydrogen) atoms. The molecule has 0 aliphatic heterocycles. The van der Waals surface area contributed by atoms with Gasteiger partial charge < -0.3 is 5.32 Å². The Morgan fingerprint density at radius 3 is 2.52 bits per heavy atom. The van der Waals surface area contributed by atoms with Gasteiger partial charge in [0.15, 0.2) is 5.69 Å². The van der Waals surface area contributed by atoms with Crippen molar-refractivity contribution in [3.63, 3.8) is 0 Å². The second-order valence-electron chi connectivity index (χ2n) is 7.99. The van der Waals surface area contributed by atoms with E-state index in [4.69, 9.17) is 0 Å². The van der Waals surface area contributed by atoms with E-state index in [9.17, 15) is 9.59 Å². The third kappa shape index (κ3) is 4.80. The minimum absolute atomic E-state index is 0.129. The van der Waals surface area contributed by atoms with Gasteiger partial charge in [-0.15, -0.1) is 5.10 Å². The number of hydrogen-bond donors (Lipinski definition) is 1. The number of carbonyl (C=O) groups excluding carboxylic acids is 2. The van der Waals surface area contributed by atoms with Crippen LogP contribution in [0.4, 0.5) is 5.69 Å². The molecule has 1 fully saturated rings. The number of aromatic nitrogens is 3. The lowest BCUT2D eigenvalue weighted by Crippen LogP contribution is -2.46. The Morgan fingerprint density at radius 1 is 1.16 bits per heavy atom. The van der Waals surface area contributed by atoms with Crippen LogP contribution in [0.2, 0.25) is 0 Å². The number of amides is 2. The first-order valence-electron chi connectivity index (χ1n) is 10.4. The van der Waals surface area contributed by atoms with Crippen molar-refractivity contribution in [2.24, 2.45) is 0 Å². The molecular formula is C23H25N5O2S. The van der Waals surface area contributed by atoms with Gasteiger partial charge in [0.2, 0.25) is 5.91 Å². The second-order valence-corrected chi connectivity index (χ2v) is 8.60. The summed E-state index contributed by atoms with van der Waals surface area (Å²) < 4.78 is 3.85. The summed E-state index contributed by atoms with van der Waals surface area (Å²) in [5.74, 6) is -0.579. The third-order valence-electron chi connectivity index (χ3n) is 5.49. The highest BCUT2D eigenvalue weighted by Crippen LogP contribution is 2.31. The molecule has 2 heterocycles. The minimum atomic E-state index is -0.871. The van der Waals surface area contributed by atoms with E-state index in [0.29, 0.717) is 11.3 Å². The molecule has 2 amide bonds. The first-order valence-corrected chi connectivity index (χ1v) is 11.3. The van der Waals surface area contributed by atoms with E-state index in [1.165, 1.54) is 4.90 Å². The smallest absolute Gasteiger partial charge is 0.280 e. The fraction of sp³-hybridized carbons (Fsp3) is 0.348. The van der Waals surface area contributed by atoms with Gasteiger partial charge in [-0.2, -0.15) is 0 Å². The molecule has 0 spiro atoms. The molecule has 1 aliphatic rings. The molecule has 1 N–H and O–H groups in total. The zero-order valence-electron chi connectivity index (χ0n) is 17.6. The van der Waals surface area contributed by atoms with Crippen LogP contribution in [0.5, 0.6) is 0 Å². The summed E-state index contributed by atoms with van der Waals surface area (Å²) >= 11 is 1.11. The molecule has 1 atom stereocenters. The molecular weight excluding hydrogens is 410 g/mol. The maximum atomic E-state index is 13.6. The molecule has 7 nitrogen and oxygen atoms in total. The van der Waals surface area contributed by atoms with Crippen molar-refractivity contribution in [1.82, 2.24) is 19.9 Å². The first-order chi connectivity index (χ1) is 15.0. The molecule has 3 aromatic rings. The lowest BCUT2D eigenvalue weighted by atomic mass is 10.0. The Hall–Kier alpha value is -3.13. The maximum Gasteiger partial charge on any atom is 0.280 e. The predicted molar refractivity (Wildman–Crippen MR) is 120 cm³/mol. The molecule has 0 saturated heterocycles. The number of nitrogens with one attached hydrogen (secondary N) is 1. The number of rotatable bonds is 6. The van der Waals surface area contributed by atoms with Crippen LogP contribution in [0.1, 0.15) is 58.9 Å². The molecule has 0 bridgehead atoms. The van der Waals surface area contributed by atoms with Crippen LogP contribution in [-0.2, 0) is 4.79 Å². The van der Waals surface area contributed by atoms with E-state index < -0.39 is 6.04 Å². The Bertz CT molecular complexity index is 1030. The van der Waals surface area contributed by atoms with Crippen molar-refractivity contribution < 1.29 is 9.59 Å². The monoisotopic (exact) mass is 435 g/mol. The highest BCUT2D eigenvalue weighted by molar-refractivity contribution is 7.03. The van der Waals surface area contributed by atoms with Crippen molar-refractivity contribution in [1.29, 1.82) is 0 Å². The molecule has 4 rings (SSSR count). The fourth-order valence-electron chi connectivity index (χ4n) is 4.16. The third-order valence-corrected chi connectivity index (χ3v) is 6.00. The summed E-state index contributed by atoms with van der Waals surface area (Å²) in [6.45, 7) is 3.95. The summed E-state index contributed by atoms with van der Waals surface area (Å²) in [6.07, 6.45) is 7.42. The summed E-state index contributed by atoms with van der Waals surface area (Å²) in [5, 5.41) is 8.74. The van der Waals surface area contributed by atoms with E-state index in [-0.39, 0.29) is 23.6 Å².